The average Bonchev–Trinajstić information content (AvgIpc) is 2.71. The third-order valence-electron chi connectivity index (χ3n) is 1.91. The van der Waals surface area contributed by atoms with Crippen molar-refractivity contribution in [2.45, 2.75) is 6.42 Å². The third kappa shape index (κ3) is 2.70. The number of aromatic nitrogens is 2. The standard InChI is InChI=1S/C10H7BrN2OS/c11-8-3-1-7(2-4-8)10(14)5-9-6-15-13-12-9/h1-4,6H,5H2. The summed E-state index contributed by atoms with van der Waals surface area (Å²) in [4.78, 5) is 11.7. The van der Waals surface area contributed by atoms with Gasteiger partial charge in [0.1, 0.15) is 0 Å². The van der Waals surface area contributed by atoms with Crippen LogP contribution in [0.5, 0.6) is 0 Å². The summed E-state index contributed by atoms with van der Waals surface area (Å²) in [6.45, 7) is 0. The summed E-state index contributed by atoms with van der Waals surface area (Å²) in [6.07, 6.45) is 0.318. The molecule has 0 saturated heterocycles. The van der Waals surface area contributed by atoms with Crippen molar-refractivity contribution in [2.75, 3.05) is 0 Å². The number of Topliss-reactive ketones (excluding diaryl/α,β-unsaturated/α-hetero) is 1. The topological polar surface area (TPSA) is 42.9 Å². The minimum atomic E-state index is 0.0650. The molecule has 0 saturated carbocycles. The zero-order chi connectivity index (χ0) is 10.7. The van der Waals surface area contributed by atoms with Crippen LogP contribution in [0.25, 0.3) is 0 Å². The fourth-order valence-electron chi connectivity index (χ4n) is 1.16. The lowest BCUT2D eigenvalue weighted by molar-refractivity contribution is 0.0992. The van der Waals surface area contributed by atoms with Gasteiger partial charge in [-0.1, -0.05) is 32.6 Å². The molecule has 3 nitrogen and oxygen atoms in total. The number of rotatable bonds is 3. The highest BCUT2D eigenvalue weighted by Gasteiger charge is 2.08. The molecule has 0 aliphatic carbocycles. The Morgan fingerprint density at radius 1 is 1.33 bits per heavy atom. The Bertz CT molecular complexity index is 453. The van der Waals surface area contributed by atoms with E-state index in [0.717, 1.165) is 10.2 Å². The number of halogens is 1. The van der Waals surface area contributed by atoms with Crippen LogP contribution in [0.2, 0.25) is 0 Å². The maximum Gasteiger partial charge on any atom is 0.168 e. The van der Waals surface area contributed by atoms with Gasteiger partial charge in [-0.25, -0.2) is 0 Å². The van der Waals surface area contributed by atoms with Gasteiger partial charge >= 0.3 is 0 Å². The van der Waals surface area contributed by atoms with Crippen molar-refractivity contribution in [3.05, 3.63) is 45.4 Å². The molecule has 0 N–H and O–H groups in total. The van der Waals surface area contributed by atoms with Crippen molar-refractivity contribution in [3.8, 4) is 0 Å². The first-order valence-electron chi connectivity index (χ1n) is 4.30. The summed E-state index contributed by atoms with van der Waals surface area (Å²) in [5, 5.41) is 5.63. The molecule has 0 amide bonds. The van der Waals surface area contributed by atoms with E-state index in [4.69, 9.17) is 0 Å². The molecule has 0 unspecified atom stereocenters. The monoisotopic (exact) mass is 282 g/mol. The predicted molar refractivity (Wildman–Crippen MR) is 62.1 cm³/mol. The van der Waals surface area contributed by atoms with Crippen LogP contribution in [-0.4, -0.2) is 15.4 Å². The first kappa shape index (κ1) is 10.4. The summed E-state index contributed by atoms with van der Waals surface area (Å²) in [7, 11) is 0. The fraction of sp³-hybridized carbons (Fsp3) is 0.100. The average molecular weight is 283 g/mol. The molecule has 0 atom stereocenters. The first-order valence-corrected chi connectivity index (χ1v) is 5.93. The van der Waals surface area contributed by atoms with E-state index in [2.05, 4.69) is 25.5 Å². The molecule has 2 aromatic rings. The number of benzene rings is 1. The number of carbonyl (C=O) groups excluding carboxylic acids is 1. The maximum absolute atomic E-state index is 11.7. The number of hydrogen-bond acceptors (Lipinski definition) is 4. The number of ketones is 1. The maximum atomic E-state index is 11.7. The largest absolute Gasteiger partial charge is 0.294 e. The van der Waals surface area contributed by atoms with Crippen molar-refractivity contribution in [2.24, 2.45) is 0 Å². The molecule has 0 bridgehead atoms. The number of carbonyl (C=O) groups is 1. The van der Waals surface area contributed by atoms with E-state index in [1.165, 1.54) is 11.5 Å². The van der Waals surface area contributed by atoms with E-state index in [9.17, 15) is 4.79 Å². The second-order valence-corrected chi connectivity index (χ2v) is 4.53. The third-order valence-corrected chi connectivity index (χ3v) is 3.00. The Labute approximate surface area is 99.4 Å². The molecular formula is C10H7BrN2OS. The summed E-state index contributed by atoms with van der Waals surface area (Å²) in [5.41, 5.74) is 1.43. The van der Waals surface area contributed by atoms with Gasteiger partial charge in [0.05, 0.1) is 12.1 Å². The van der Waals surface area contributed by atoms with Crippen LogP contribution in [0.4, 0.5) is 0 Å². The molecule has 0 aliphatic heterocycles. The SMILES string of the molecule is O=C(Cc1csnn1)c1ccc(Br)cc1. The van der Waals surface area contributed by atoms with Crippen molar-refractivity contribution in [1.82, 2.24) is 9.59 Å². The predicted octanol–water partition coefficient (Wildman–Crippen LogP) is 2.73. The molecule has 76 valence electrons. The molecule has 1 aromatic heterocycles. The molecule has 2 rings (SSSR count). The van der Waals surface area contributed by atoms with E-state index >= 15 is 0 Å². The Kier molecular flexibility index (Phi) is 3.23. The second-order valence-electron chi connectivity index (χ2n) is 3.00. The Hall–Kier alpha value is -1.07. The molecule has 0 radical (unpaired) electrons. The lowest BCUT2D eigenvalue weighted by atomic mass is 10.1. The molecule has 1 heterocycles. The van der Waals surface area contributed by atoms with Crippen LogP contribution in [0.3, 0.4) is 0 Å². The zero-order valence-corrected chi connectivity index (χ0v) is 10.1. The van der Waals surface area contributed by atoms with Gasteiger partial charge in [0.25, 0.3) is 0 Å². The highest BCUT2D eigenvalue weighted by Crippen LogP contribution is 2.12. The lowest BCUT2D eigenvalue weighted by Gasteiger charge is -1.98. The Morgan fingerprint density at radius 3 is 2.67 bits per heavy atom. The van der Waals surface area contributed by atoms with Gasteiger partial charge in [-0.2, -0.15) is 0 Å². The Balaban J connectivity index is 2.11. The number of hydrogen-bond donors (Lipinski definition) is 0. The van der Waals surface area contributed by atoms with Gasteiger partial charge in [-0.05, 0) is 23.7 Å². The van der Waals surface area contributed by atoms with E-state index in [0.29, 0.717) is 12.0 Å². The molecule has 0 fully saturated rings. The van der Waals surface area contributed by atoms with E-state index < -0.39 is 0 Å². The van der Waals surface area contributed by atoms with Crippen LogP contribution in [0.1, 0.15) is 16.1 Å². The quantitative estimate of drug-likeness (QED) is 0.813. The molecule has 15 heavy (non-hydrogen) atoms. The summed E-state index contributed by atoms with van der Waals surface area (Å²) >= 11 is 4.58. The molecule has 5 heteroatoms. The van der Waals surface area contributed by atoms with Gasteiger partial charge in [-0.15, -0.1) is 5.10 Å². The molecule has 1 aromatic carbocycles. The van der Waals surface area contributed by atoms with Crippen LogP contribution < -0.4 is 0 Å². The summed E-state index contributed by atoms with van der Waals surface area (Å²) < 4.78 is 4.68. The van der Waals surface area contributed by atoms with E-state index in [-0.39, 0.29) is 5.78 Å². The minimum absolute atomic E-state index is 0.0650. The minimum Gasteiger partial charge on any atom is -0.294 e. The number of nitrogens with zero attached hydrogens (tertiary/aromatic N) is 2. The van der Waals surface area contributed by atoms with E-state index in [1.54, 1.807) is 17.5 Å². The molecule has 0 aliphatic rings. The molecule has 0 spiro atoms. The van der Waals surface area contributed by atoms with Crippen molar-refractivity contribution in [3.63, 3.8) is 0 Å². The van der Waals surface area contributed by atoms with E-state index in [1.807, 2.05) is 12.1 Å². The van der Waals surface area contributed by atoms with Crippen LogP contribution in [0.15, 0.2) is 34.1 Å². The Morgan fingerprint density at radius 2 is 2.07 bits per heavy atom. The smallest absolute Gasteiger partial charge is 0.168 e. The normalized spacial score (nSPS) is 10.2. The summed E-state index contributed by atoms with van der Waals surface area (Å²) in [5.74, 6) is 0.0650. The summed E-state index contributed by atoms with van der Waals surface area (Å²) in [6, 6.07) is 7.30. The van der Waals surface area contributed by atoms with Gasteiger partial charge in [0.2, 0.25) is 0 Å². The first-order chi connectivity index (χ1) is 7.25. The highest BCUT2D eigenvalue weighted by atomic mass is 79.9. The van der Waals surface area contributed by atoms with Gasteiger partial charge in [0, 0.05) is 15.4 Å². The van der Waals surface area contributed by atoms with Gasteiger partial charge in [-0.3, -0.25) is 4.79 Å². The van der Waals surface area contributed by atoms with Crippen LogP contribution >= 0.6 is 27.5 Å². The van der Waals surface area contributed by atoms with Crippen LogP contribution in [0, 0.1) is 0 Å². The van der Waals surface area contributed by atoms with Crippen LogP contribution in [-0.2, 0) is 6.42 Å². The van der Waals surface area contributed by atoms with Gasteiger partial charge in [0.15, 0.2) is 5.78 Å². The van der Waals surface area contributed by atoms with Gasteiger partial charge < -0.3 is 0 Å². The zero-order valence-electron chi connectivity index (χ0n) is 7.68. The van der Waals surface area contributed by atoms with Crippen molar-refractivity contribution in [1.29, 1.82) is 0 Å². The van der Waals surface area contributed by atoms with Crippen molar-refractivity contribution < 1.29 is 4.79 Å². The van der Waals surface area contributed by atoms with Crippen molar-refractivity contribution >= 4 is 33.2 Å². The highest BCUT2D eigenvalue weighted by molar-refractivity contribution is 9.10. The second kappa shape index (κ2) is 4.63. The molecular weight excluding hydrogens is 276 g/mol. The lowest BCUT2D eigenvalue weighted by Crippen LogP contribution is -2.03. The fourth-order valence-corrected chi connectivity index (χ4v) is 1.88.